The summed E-state index contributed by atoms with van der Waals surface area (Å²) < 4.78 is 0.939. The largest absolute Gasteiger partial charge is 0.382 e. The van der Waals surface area contributed by atoms with E-state index in [4.69, 9.17) is 17.3 Å². The van der Waals surface area contributed by atoms with Crippen LogP contribution in [0.4, 0.5) is 5.82 Å². The van der Waals surface area contributed by atoms with Crippen molar-refractivity contribution in [3.05, 3.63) is 33.3 Å². The lowest BCUT2D eigenvalue weighted by Gasteiger charge is -2.08. The van der Waals surface area contributed by atoms with Crippen molar-refractivity contribution >= 4 is 33.3 Å². The van der Waals surface area contributed by atoms with E-state index in [1.54, 1.807) is 0 Å². The monoisotopic (exact) mass is 327 g/mol. The molecule has 0 spiro atoms. The first-order valence-corrected chi connectivity index (χ1v) is 6.93. The second-order valence-electron chi connectivity index (χ2n) is 4.72. The zero-order valence-electron chi connectivity index (χ0n) is 10.3. The van der Waals surface area contributed by atoms with Crippen molar-refractivity contribution in [1.29, 1.82) is 0 Å². The Morgan fingerprint density at radius 2 is 2.11 bits per heavy atom. The number of aromatic nitrogens is 2. The van der Waals surface area contributed by atoms with Crippen LogP contribution >= 0.6 is 27.5 Å². The molecule has 0 saturated carbocycles. The van der Waals surface area contributed by atoms with Crippen molar-refractivity contribution in [3.8, 4) is 11.3 Å². The standard InChI is InChI=1S/C13H15BrClN3/c1-7(2)3-11-12(17-18-13(11)16)8-4-9(14)6-10(15)5-8/h4-7H,3H2,1-2H3,(H3,16,17,18). The lowest BCUT2D eigenvalue weighted by atomic mass is 9.99. The summed E-state index contributed by atoms with van der Waals surface area (Å²) in [6.07, 6.45) is 0.891. The SMILES string of the molecule is CC(C)Cc1c(N)n[nH]c1-c1cc(Cl)cc(Br)c1. The number of rotatable bonds is 3. The van der Waals surface area contributed by atoms with Gasteiger partial charge in [0.15, 0.2) is 0 Å². The number of halogens is 2. The van der Waals surface area contributed by atoms with Crippen LogP contribution < -0.4 is 5.73 Å². The lowest BCUT2D eigenvalue weighted by Crippen LogP contribution is -1.99. The maximum Gasteiger partial charge on any atom is 0.149 e. The average molecular weight is 329 g/mol. The topological polar surface area (TPSA) is 54.7 Å². The van der Waals surface area contributed by atoms with E-state index in [0.717, 1.165) is 27.7 Å². The number of H-pyrrole nitrogens is 1. The Hall–Kier alpha value is -1.000. The van der Waals surface area contributed by atoms with Crippen LogP contribution in [0.25, 0.3) is 11.3 Å². The normalized spacial score (nSPS) is 11.2. The molecule has 0 amide bonds. The van der Waals surface area contributed by atoms with E-state index in [-0.39, 0.29) is 0 Å². The van der Waals surface area contributed by atoms with Crippen LogP contribution in [-0.4, -0.2) is 10.2 Å². The summed E-state index contributed by atoms with van der Waals surface area (Å²) in [7, 11) is 0. The summed E-state index contributed by atoms with van der Waals surface area (Å²) >= 11 is 9.51. The molecule has 0 saturated heterocycles. The van der Waals surface area contributed by atoms with Crippen LogP contribution in [0.3, 0.4) is 0 Å². The van der Waals surface area contributed by atoms with Gasteiger partial charge in [0, 0.05) is 20.6 Å². The molecule has 5 heteroatoms. The maximum atomic E-state index is 6.07. The number of nitrogens with one attached hydrogen (secondary N) is 1. The molecular formula is C13H15BrClN3. The Morgan fingerprint density at radius 1 is 1.39 bits per heavy atom. The minimum absolute atomic E-state index is 0.520. The van der Waals surface area contributed by atoms with Crippen molar-refractivity contribution in [2.24, 2.45) is 5.92 Å². The maximum absolute atomic E-state index is 6.07. The quantitative estimate of drug-likeness (QED) is 0.884. The van der Waals surface area contributed by atoms with Gasteiger partial charge in [-0.1, -0.05) is 41.4 Å². The number of hydrogen-bond donors (Lipinski definition) is 2. The molecule has 3 nitrogen and oxygen atoms in total. The highest BCUT2D eigenvalue weighted by molar-refractivity contribution is 9.10. The molecule has 2 aromatic rings. The minimum Gasteiger partial charge on any atom is -0.382 e. The van der Waals surface area contributed by atoms with Crippen molar-refractivity contribution in [2.45, 2.75) is 20.3 Å². The molecule has 0 unspecified atom stereocenters. The number of benzene rings is 1. The number of anilines is 1. The van der Waals surface area contributed by atoms with Crippen molar-refractivity contribution < 1.29 is 0 Å². The molecule has 0 atom stereocenters. The van der Waals surface area contributed by atoms with Crippen LogP contribution in [0.2, 0.25) is 5.02 Å². The summed E-state index contributed by atoms with van der Waals surface area (Å²) in [6, 6.07) is 5.76. The second kappa shape index (κ2) is 5.33. The van der Waals surface area contributed by atoms with Gasteiger partial charge in [-0.3, -0.25) is 5.10 Å². The summed E-state index contributed by atoms with van der Waals surface area (Å²) in [4.78, 5) is 0. The van der Waals surface area contributed by atoms with E-state index in [9.17, 15) is 0 Å². The molecule has 2 rings (SSSR count). The third kappa shape index (κ3) is 2.87. The molecule has 1 aromatic carbocycles. The highest BCUT2D eigenvalue weighted by atomic mass is 79.9. The number of nitrogen functional groups attached to an aromatic ring is 1. The number of hydrogen-bond acceptors (Lipinski definition) is 2. The van der Waals surface area contributed by atoms with E-state index >= 15 is 0 Å². The van der Waals surface area contributed by atoms with Crippen LogP contribution in [0.5, 0.6) is 0 Å². The van der Waals surface area contributed by atoms with Crippen LogP contribution in [-0.2, 0) is 6.42 Å². The van der Waals surface area contributed by atoms with E-state index < -0.39 is 0 Å². The Kier molecular flexibility index (Phi) is 3.97. The predicted molar refractivity (Wildman–Crippen MR) is 79.7 cm³/mol. The van der Waals surface area contributed by atoms with Gasteiger partial charge >= 0.3 is 0 Å². The fourth-order valence-electron chi connectivity index (χ4n) is 1.93. The summed E-state index contributed by atoms with van der Waals surface area (Å²) in [5.74, 6) is 1.08. The van der Waals surface area contributed by atoms with Gasteiger partial charge in [-0.2, -0.15) is 5.10 Å². The van der Waals surface area contributed by atoms with Crippen LogP contribution in [0.1, 0.15) is 19.4 Å². The first-order valence-electron chi connectivity index (χ1n) is 5.76. The van der Waals surface area contributed by atoms with Gasteiger partial charge in [-0.25, -0.2) is 0 Å². The van der Waals surface area contributed by atoms with Crippen molar-refractivity contribution in [2.75, 3.05) is 5.73 Å². The zero-order chi connectivity index (χ0) is 13.3. The molecule has 0 bridgehead atoms. The average Bonchev–Trinajstić information content (AvgIpc) is 2.58. The van der Waals surface area contributed by atoms with Gasteiger partial charge < -0.3 is 5.73 Å². The second-order valence-corrected chi connectivity index (χ2v) is 6.07. The van der Waals surface area contributed by atoms with Gasteiger partial charge in [0.25, 0.3) is 0 Å². The molecule has 0 aliphatic rings. The highest BCUT2D eigenvalue weighted by Crippen LogP contribution is 2.31. The fourth-order valence-corrected chi connectivity index (χ4v) is 2.79. The van der Waals surface area contributed by atoms with E-state index in [1.807, 2.05) is 18.2 Å². The van der Waals surface area contributed by atoms with E-state index in [0.29, 0.717) is 16.8 Å². The van der Waals surface area contributed by atoms with Crippen molar-refractivity contribution in [3.63, 3.8) is 0 Å². The molecule has 1 heterocycles. The third-order valence-corrected chi connectivity index (χ3v) is 3.34. The molecule has 18 heavy (non-hydrogen) atoms. The summed E-state index contributed by atoms with van der Waals surface area (Å²) in [5, 5.41) is 7.78. The first kappa shape index (κ1) is 13.4. The Labute approximate surface area is 120 Å². The van der Waals surface area contributed by atoms with Crippen LogP contribution in [0.15, 0.2) is 22.7 Å². The molecular weight excluding hydrogens is 314 g/mol. The van der Waals surface area contributed by atoms with Gasteiger partial charge in [0.1, 0.15) is 5.82 Å². The van der Waals surface area contributed by atoms with Crippen LogP contribution in [0, 0.1) is 5.92 Å². The Morgan fingerprint density at radius 3 is 2.72 bits per heavy atom. The van der Waals surface area contributed by atoms with Gasteiger partial charge in [-0.15, -0.1) is 0 Å². The van der Waals surface area contributed by atoms with Gasteiger partial charge in [0.05, 0.1) is 5.69 Å². The van der Waals surface area contributed by atoms with E-state index in [1.165, 1.54) is 0 Å². The minimum atomic E-state index is 0.520. The molecule has 3 N–H and O–H groups in total. The summed E-state index contributed by atoms with van der Waals surface area (Å²) in [5.41, 5.74) is 8.91. The lowest BCUT2D eigenvalue weighted by molar-refractivity contribution is 0.649. The van der Waals surface area contributed by atoms with Gasteiger partial charge in [-0.05, 0) is 30.5 Å². The molecule has 0 radical (unpaired) electrons. The summed E-state index contributed by atoms with van der Waals surface area (Å²) in [6.45, 7) is 4.31. The zero-order valence-corrected chi connectivity index (χ0v) is 12.6. The molecule has 1 aromatic heterocycles. The van der Waals surface area contributed by atoms with Gasteiger partial charge in [0.2, 0.25) is 0 Å². The first-order chi connectivity index (χ1) is 8.47. The fraction of sp³-hybridized carbons (Fsp3) is 0.308. The number of aromatic amines is 1. The molecule has 0 fully saturated rings. The Bertz CT molecular complexity index is 543. The number of nitrogens with zero attached hydrogens (tertiary/aromatic N) is 1. The molecule has 0 aliphatic carbocycles. The molecule has 96 valence electrons. The van der Waals surface area contributed by atoms with Crippen molar-refractivity contribution in [1.82, 2.24) is 10.2 Å². The number of nitrogens with two attached hydrogens (primary N) is 1. The van der Waals surface area contributed by atoms with E-state index in [2.05, 4.69) is 40.0 Å². The highest BCUT2D eigenvalue weighted by Gasteiger charge is 2.14. The molecule has 0 aliphatic heterocycles. The predicted octanol–water partition coefficient (Wildman–Crippen LogP) is 4.27. The smallest absolute Gasteiger partial charge is 0.149 e. The Balaban J connectivity index is 2.50. The third-order valence-electron chi connectivity index (χ3n) is 2.66.